The Bertz CT molecular complexity index is 529. The Balaban J connectivity index is 2.12. The predicted molar refractivity (Wildman–Crippen MR) is 71.5 cm³/mol. The van der Waals surface area contributed by atoms with Crippen molar-refractivity contribution in [3.05, 3.63) is 33.1 Å². The summed E-state index contributed by atoms with van der Waals surface area (Å²) in [7, 11) is 0. The largest absolute Gasteiger partial charge is 0.390 e. The molecule has 1 saturated heterocycles. The van der Waals surface area contributed by atoms with Gasteiger partial charge in [0.25, 0.3) is 5.56 Å². The Labute approximate surface area is 121 Å². The molecule has 2 heterocycles. The summed E-state index contributed by atoms with van der Waals surface area (Å²) in [6.45, 7) is 0.0543. The first-order valence-corrected chi connectivity index (χ1v) is 6.55. The Morgan fingerprint density at radius 2 is 2.32 bits per heavy atom. The summed E-state index contributed by atoms with van der Waals surface area (Å²) in [4.78, 5) is 29.5. The number of aromatic amines is 1. The van der Waals surface area contributed by atoms with Crippen molar-refractivity contribution in [1.82, 2.24) is 9.55 Å². The van der Waals surface area contributed by atoms with Gasteiger partial charge in [0.1, 0.15) is 18.9 Å². The van der Waals surface area contributed by atoms with Crippen molar-refractivity contribution in [2.45, 2.75) is 31.3 Å². The molecule has 0 amide bonds. The zero-order valence-electron chi connectivity index (χ0n) is 9.82. The number of ether oxygens (including phenoxy) is 1. The lowest BCUT2D eigenvalue weighted by Crippen LogP contribution is -2.43. The number of aliphatic hydroxyl groups excluding tert-OH is 1. The number of rotatable bonds is 4. The van der Waals surface area contributed by atoms with Gasteiger partial charge < -0.3 is 9.84 Å². The molecule has 0 spiro atoms. The smallest absolute Gasteiger partial charge is 0.330 e. The van der Waals surface area contributed by atoms with Crippen molar-refractivity contribution < 1.29 is 17.9 Å². The molecule has 0 radical (unpaired) electrons. The molecule has 2 N–H and O–H groups in total. The molecule has 0 aliphatic carbocycles. The van der Waals surface area contributed by atoms with Gasteiger partial charge in [0.05, 0.1) is 6.10 Å². The number of hydrogen-bond acceptors (Lipinski definition) is 6. The van der Waals surface area contributed by atoms with Gasteiger partial charge in [-0.15, -0.1) is 0 Å². The van der Waals surface area contributed by atoms with Gasteiger partial charge in [-0.05, 0) is 12.8 Å². The van der Waals surface area contributed by atoms with Crippen LogP contribution in [0.25, 0.3) is 0 Å². The first kappa shape index (κ1) is 14.7. The van der Waals surface area contributed by atoms with Crippen LogP contribution < -0.4 is 11.2 Å². The zero-order valence-corrected chi connectivity index (χ0v) is 12.0. The van der Waals surface area contributed by atoms with Crippen molar-refractivity contribution in [2.24, 2.45) is 0 Å². The number of aromatic nitrogens is 2. The summed E-state index contributed by atoms with van der Waals surface area (Å²) >= 11 is 1.56. The third-order valence-corrected chi connectivity index (χ3v) is 3.16. The SMILES string of the molecule is O=c1ccn(C2CCC(O)C(COOI)O2)c(=O)[nH]1. The molecular weight excluding hydrogens is 371 g/mol. The molecule has 2 rings (SSSR count). The van der Waals surface area contributed by atoms with Gasteiger partial charge in [0.15, 0.2) is 23.0 Å². The lowest BCUT2D eigenvalue weighted by atomic mass is 10.0. The molecule has 0 bridgehead atoms. The maximum Gasteiger partial charge on any atom is 0.330 e. The van der Waals surface area contributed by atoms with Crippen LogP contribution in [0.15, 0.2) is 21.9 Å². The number of nitrogens with zero attached hydrogens (tertiary/aromatic N) is 1. The van der Waals surface area contributed by atoms with Crippen LogP contribution in [0.1, 0.15) is 19.1 Å². The lowest BCUT2D eigenvalue weighted by molar-refractivity contribution is -0.234. The van der Waals surface area contributed by atoms with E-state index < -0.39 is 29.7 Å². The number of hydrogen-bond donors (Lipinski definition) is 2. The Morgan fingerprint density at radius 3 is 3.00 bits per heavy atom. The van der Waals surface area contributed by atoms with Gasteiger partial charge in [0.2, 0.25) is 0 Å². The summed E-state index contributed by atoms with van der Waals surface area (Å²) in [5, 5.41) is 9.77. The molecule has 0 aromatic carbocycles. The van der Waals surface area contributed by atoms with Crippen LogP contribution in [0.2, 0.25) is 0 Å². The molecule has 3 unspecified atom stereocenters. The fourth-order valence-electron chi connectivity index (χ4n) is 1.96. The first-order chi connectivity index (χ1) is 9.11. The second-order valence-electron chi connectivity index (χ2n) is 4.14. The number of halogens is 1. The highest BCUT2D eigenvalue weighted by molar-refractivity contribution is 14.1. The van der Waals surface area contributed by atoms with Crippen LogP contribution in [-0.2, 0) is 12.8 Å². The number of aliphatic hydroxyl groups is 1. The number of nitrogens with one attached hydrogen (secondary N) is 1. The van der Waals surface area contributed by atoms with Crippen LogP contribution in [0.3, 0.4) is 0 Å². The normalized spacial score (nSPS) is 27.4. The minimum Gasteiger partial charge on any atom is -0.390 e. The van der Waals surface area contributed by atoms with Crippen molar-refractivity contribution in [3.63, 3.8) is 0 Å². The maximum absolute atomic E-state index is 11.6. The molecule has 0 saturated carbocycles. The lowest BCUT2D eigenvalue weighted by Gasteiger charge is -2.33. The van der Waals surface area contributed by atoms with E-state index in [1.54, 1.807) is 23.0 Å². The summed E-state index contributed by atoms with van der Waals surface area (Å²) < 4.78 is 11.3. The van der Waals surface area contributed by atoms with Gasteiger partial charge in [-0.2, -0.15) is 3.22 Å². The summed E-state index contributed by atoms with van der Waals surface area (Å²) in [5.41, 5.74) is -1.01. The molecule has 1 aromatic heterocycles. The molecule has 1 aliphatic rings. The Kier molecular flexibility index (Phi) is 5.10. The minimum atomic E-state index is -0.679. The molecule has 9 heteroatoms. The van der Waals surface area contributed by atoms with Gasteiger partial charge >= 0.3 is 5.69 Å². The van der Waals surface area contributed by atoms with Crippen molar-refractivity contribution in [1.29, 1.82) is 0 Å². The molecule has 106 valence electrons. The topological polar surface area (TPSA) is 103 Å². The molecule has 3 atom stereocenters. The number of H-pyrrole nitrogens is 1. The third kappa shape index (κ3) is 3.63. The fourth-order valence-corrected chi connectivity index (χ4v) is 2.11. The summed E-state index contributed by atoms with van der Waals surface area (Å²) in [6, 6.07) is 1.25. The van der Waals surface area contributed by atoms with Crippen molar-refractivity contribution in [2.75, 3.05) is 6.61 Å². The average Bonchev–Trinajstić information content (AvgIpc) is 2.38. The van der Waals surface area contributed by atoms with E-state index in [0.29, 0.717) is 12.8 Å². The van der Waals surface area contributed by atoms with Crippen LogP contribution in [0, 0.1) is 0 Å². The van der Waals surface area contributed by atoms with Crippen LogP contribution in [0.5, 0.6) is 0 Å². The fraction of sp³-hybridized carbons (Fsp3) is 0.600. The first-order valence-electron chi connectivity index (χ1n) is 5.67. The highest BCUT2D eigenvalue weighted by atomic mass is 127. The standard InChI is InChI=1S/C10H13IN2O6/c11-19-17-5-7-6(14)1-2-9(18-7)13-4-3-8(15)12-10(13)16/h3-4,6-7,9,14H,1-2,5H2,(H,12,15,16). The predicted octanol–water partition coefficient (Wildman–Crippen LogP) is -0.127. The average molecular weight is 384 g/mol. The molecular formula is C10H13IN2O6. The molecule has 8 nitrogen and oxygen atoms in total. The summed E-state index contributed by atoms with van der Waals surface area (Å²) in [5.74, 6) is 0. The van der Waals surface area contributed by atoms with Gasteiger partial charge in [-0.1, -0.05) is 0 Å². The zero-order chi connectivity index (χ0) is 13.8. The summed E-state index contributed by atoms with van der Waals surface area (Å²) in [6.07, 6.45) is 0.486. The minimum absolute atomic E-state index is 0.0543. The van der Waals surface area contributed by atoms with Gasteiger partial charge in [-0.3, -0.25) is 14.3 Å². The van der Waals surface area contributed by atoms with E-state index >= 15 is 0 Å². The van der Waals surface area contributed by atoms with E-state index in [2.05, 4.69) is 8.20 Å². The van der Waals surface area contributed by atoms with E-state index in [-0.39, 0.29) is 6.61 Å². The van der Waals surface area contributed by atoms with Crippen molar-refractivity contribution >= 4 is 23.0 Å². The molecule has 19 heavy (non-hydrogen) atoms. The van der Waals surface area contributed by atoms with Crippen LogP contribution in [-0.4, -0.2) is 33.5 Å². The van der Waals surface area contributed by atoms with Crippen LogP contribution >= 0.6 is 23.0 Å². The second-order valence-corrected chi connectivity index (χ2v) is 4.50. The Hall–Kier alpha value is -0.750. The van der Waals surface area contributed by atoms with E-state index in [0.717, 1.165) is 0 Å². The highest BCUT2D eigenvalue weighted by Gasteiger charge is 2.31. The van der Waals surface area contributed by atoms with E-state index in [1.807, 2.05) is 0 Å². The van der Waals surface area contributed by atoms with E-state index in [9.17, 15) is 14.7 Å². The molecule has 1 aromatic rings. The van der Waals surface area contributed by atoms with Crippen LogP contribution in [0.4, 0.5) is 0 Å². The van der Waals surface area contributed by atoms with Gasteiger partial charge in [0, 0.05) is 12.3 Å². The van der Waals surface area contributed by atoms with E-state index in [4.69, 9.17) is 9.62 Å². The monoisotopic (exact) mass is 384 g/mol. The molecule has 1 aliphatic heterocycles. The Morgan fingerprint density at radius 1 is 1.53 bits per heavy atom. The van der Waals surface area contributed by atoms with Crippen molar-refractivity contribution in [3.8, 4) is 0 Å². The van der Waals surface area contributed by atoms with E-state index in [1.165, 1.54) is 16.8 Å². The van der Waals surface area contributed by atoms with Gasteiger partial charge in [-0.25, -0.2) is 9.68 Å². The quantitative estimate of drug-likeness (QED) is 0.426. The highest BCUT2D eigenvalue weighted by Crippen LogP contribution is 2.26. The second kappa shape index (κ2) is 6.61. The molecule has 1 fully saturated rings. The maximum atomic E-state index is 11.6. The third-order valence-electron chi connectivity index (χ3n) is 2.91.